The van der Waals surface area contributed by atoms with Crippen LogP contribution in [0.4, 0.5) is 0 Å². The SMILES string of the molecule is CCCN(Cc1c(Br)c(C)nn1CC)CC1CCCCN1. The smallest absolute Gasteiger partial charge is 0.0739 e. The molecule has 0 radical (unpaired) electrons. The minimum absolute atomic E-state index is 0.656. The van der Waals surface area contributed by atoms with Crippen molar-refractivity contribution in [1.82, 2.24) is 20.0 Å². The number of rotatable bonds is 7. The number of halogens is 1. The van der Waals surface area contributed by atoms with Crippen molar-refractivity contribution in [2.24, 2.45) is 0 Å². The number of piperidine rings is 1. The van der Waals surface area contributed by atoms with E-state index in [0.717, 1.165) is 31.9 Å². The Morgan fingerprint density at radius 3 is 2.81 bits per heavy atom. The van der Waals surface area contributed by atoms with Crippen molar-refractivity contribution in [2.45, 2.75) is 65.6 Å². The highest BCUT2D eigenvalue weighted by Gasteiger charge is 2.19. The summed E-state index contributed by atoms with van der Waals surface area (Å²) in [5.74, 6) is 0. The fraction of sp³-hybridized carbons (Fsp3) is 0.812. The quantitative estimate of drug-likeness (QED) is 0.813. The minimum atomic E-state index is 0.656. The molecule has 0 saturated carbocycles. The summed E-state index contributed by atoms with van der Waals surface area (Å²) in [5.41, 5.74) is 2.42. The van der Waals surface area contributed by atoms with Crippen molar-refractivity contribution in [3.63, 3.8) is 0 Å². The summed E-state index contributed by atoms with van der Waals surface area (Å²) in [6, 6.07) is 0.656. The van der Waals surface area contributed by atoms with Crippen molar-refractivity contribution in [2.75, 3.05) is 19.6 Å². The van der Waals surface area contributed by atoms with Gasteiger partial charge in [-0.25, -0.2) is 0 Å². The van der Waals surface area contributed by atoms with Gasteiger partial charge >= 0.3 is 0 Å². The molecule has 1 aromatic heterocycles. The molecular weight excluding hydrogens is 328 g/mol. The van der Waals surface area contributed by atoms with Crippen LogP contribution in [0.15, 0.2) is 4.47 Å². The lowest BCUT2D eigenvalue weighted by molar-refractivity contribution is 0.212. The molecule has 1 N–H and O–H groups in total. The van der Waals surface area contributed by atoms with Crippen molar-refractivity contribution in [1.29, 1.82) is 0 Å². The van der Waals surface area contributed by atoms with E-state index in [1.807, 2.05) is 0 Å². The number of hydrogen-bond donors (Lipinski definition) is 1. The topological polar surface area (TPSA) is 33.1 Å². The lowest BCUT2D eigenvalue weighted by Crippen LogP contribution is -2.43. The molecule has 0 aromatic carbocycles. The summed E-state index contributed by atoms with van der Waals surface area (Å²) in [6.45, 7) is 11.9. The first-order valence-electron chi connectivity index (χ1n) is 8.33. The molecule has 0 aliphatic carbocycles. The molecule has 1 aliphatic heterocycles. The molecule has 1 atom stereocenters. The third kappa shape index (κ3) is 4.54. The summed E-state index contributed by atoms with van der Waals surface area (Å²) < 4.78 is 3.32. The van der Waals surface area contributed by atoms with Gasteiger partial charge in [-0.1, -0.05) is 13.3 Å². The Kier molecular flexibility index (Phi) is 6.71. The van der Waals surface area contributed by atoms with E-state index >= 15 is 0 Å². The van der Waals surface area contributed by atoms with E-state index in [1.54, 1.807) is 0 Å². The largest absolute Gasteiger partial charge is 0.313 e. The van der Waals surface area contributed by atoms with Crippen LogP contribution in [0.25, 0.3) is 0 Å². The zero-order valence-corrected chi connectivity index (χ0v) is 15.2. The van der Waals surface area contributed by atoms with Crippen LogP contribution in [0.5, 0.6) is 0 Å². The fourth-order valence-corrected chi connectivity index (χ4v) is 3.58. The highest BCUT2D eigenvalue weighted by Crippen LogP contribution is 2.23. The lowest BCUT2D eigenvalue weighted by Gasteiger charge is -2.30. The maximum absolute atomic E-state index is 4.62. The second-order valence-electron chi connectivity index (χ2n) is 6.04. The Morgan fingerprint density at radius 2 is 2.19 bits per heavy atom. The first kappa shape index (κ1) is 17.0. The molecule has 1 aromatic rings. The van der Waals surface area contributed by atoms with Gasteiger partial charge in [-0.2, -0.15) is 5.10 Å². The van der Waals surface area contributed by atoms with E-state index in [9.17, 15) is 0 Å². The number of hydrogen-bond acceptors (Lipinski definition) is 3. The average Bonchev–Trinajstić information content (AvgIpc) is 2.76. The second-order valence-corrected chi connectivity index (χ2v) is 6.84. The van der Waals surface area contributed by atoms with Gasteiger partial charge < -0.3 is 5.32 Å². The van der Waals surface area contributed by atoms with Gasteiger partial charge in [0.25, 0.3) is 0 Å². The van der Waals surface area contributed by atoms with E-state index in [2.05, 4.69) is 56.7 Å². The zero-order valence-electron chi connectivity index (χ0n) is 13.7. The van der Waals surface area contributed by atoms with Gasteiger partial charge in [-0.05, 0) is 62.1 Å². The van der Waals surface area contributed by atoms with E-state index < -0.39 is 0 Å². The summed E-state index contributed by atoms with van der Waals surface area (Å²) in [6.07, 6.45) is 5.21. The van der Waals surface area contributed by atoms with Gasteiger partial charge in [0, 0.05) is 25.7 Å². The first-order valence-corrected chi connectivity index (χ1v) is 9.12. The molecular formula is C16H29BrN4. The Balaban J connectivity index is 2.04. The van der Waals surface area contributed by atoms with Crippen molar-refractivity contribution >= 4 is 15.9 Å². The van der Waals surface area contributed by atoms with Crippen LogP contribution in [-0.2, 0) is 13.1 Å². The maximum atomic E-state index is 4.62. The molecule has 4 nitrogen and oxygen atoms in total. The van der Waals surface area contributed by atoms with E-state index in [1.165, 1.54) is 42.4 Å². The van der Waals surface area contributed by atoms with Gasteiger partial charge in [0.1, 0.15) is 0 Å². The summed E-state index contributed by atoms with van der Waals surface area (Å²) in [4.78, 5) is 2.58. The molecule has 21 heavy (non-hydrogen) atoms. The van der Waals surface area contributed by atoms with Crippen LogP contribution in [0.1, 0.15) is 50.9 Å². The van der Waals surface area contributed by atoms with E-state index in [0.29, 0.717) is 6.04 Å². The molecule has 2 heterocycles. The van der Waals surface area contributed by atoms with Crippen LogP contribution < -0.4 is 5.32 Å². The van der Waals surface area contributed by atoms with Crippen LogP contribution in [0, 0.1) is 6.92 Å². The molecule has 5 heteroatoms. The van der Waals surface area contributed by atoms with Crippen molar-refractivity contribution < 1.29 is 0 Å². The molecule has 1 fully saturated rings. The van der Waals surface area contributed by atoms with Gasteiger partial charge in [0.2, 0.25) is 0 Å². The molecule has 2 rings (SSSR count). The molecule has 0 spiro atoms. The van der Waals surface area contributed by atoms with E-state index in [4.69, 9.17) is 0 Å². The second kappa shape index (κ2) is 8.30. The predicted octanol–water partition coefficient (Wildman–Crippen LogP) is 3.33. The normalized spacial score (nSPS) is 19.4. The molecule has 1 aliphatic rings. The maximum Gasteiger partial charge on any atom is 0.0739 e. The Bertz CT molecular complexity index is 438. The molecule has 0 amide bonds. The number of nitrogens with one attached hydrogen (secondary N) is 1. The molecule has 1 saturated heterocycles. The van der Waals surface area contributed by atoms with E-state index in [-0.39, 0.29) is 0 Å². The van der Waals surface area contributed by atoms with Crippen LogP contribution in [0.2, 0.25) is 0 Å². The third-order valence-electron chi connectivity index (χ3n) is 4.26. The van der Waals surface area contributed by atoms with Crippen molar-refractivity contribution in [3.05, 3.63) is 15.9 Å². The Labute approximate surface area is 137 Å². The fourth-order valence-electron chi connectivity index (χ4n) is 3.17. The lowest BCUT2D eigenvalue weighted by atomic mass is 10.0. The van der Waals surface area contributed by atoms with Crippen LogP contribution in [-0.4, -0.2) is 40.4 Å². The van der Waals surface area contributed by atoms with Gasteiger partial charge in [0.05, 0.1) is 15.9 Å². The summed E-state index contributed by atoms with van der Waals surface area (Å²) >= 11 is 3.72. The van der Waals surface area contributed by atoms with Crippen molar-refractivity contribution in [3.8, 4) is 0 Å². The molecule has 0 bridgehead atoms. The Morgan fingerprint density at radius 1 is 1.38 bits per heavy atom. The highest BCUT2D eigenvalue weighted by molar-refractivity contribution is 9.10. The average molecular weight is 357 g/mol. The summed E-state index contributed by atoms with van der Waals surface area (Å²) in [5, 5.41) is 8.28. The molecule has 120 valence electrons. The predicted molar refractivity (Wildman–Crippen MR) is 91.5 cm³/mol. The number of nitrogens with zero attached hydrogens (tertiary/aromatic N) is 3. The summed E-state index contributed by atoms with van der Waals surface area (Å²) in [7, 11) is 0. The van der Waals surface area contributed by atoms with Crippen LogP contribution in [0.3, 0.4) is 0 Å². The standard InChI is InChI=1S/C16H29BrN4/c1-4-10-20(11-14-8-6-7-9-18-14)12-15-16(17)13(3)19-21(15)5-2/h14,18H,4-12H2,1-3H3. The monoisotopic (exact) mass is 356 g/mol. The highest BCUT2D eigenvalue weighted by atomic mass is 79.9. The number of aromatic nitrogens is 2. The zero-order chi connectivity index (χ0) is 15.2. The molecule has 1 unspecified atom stereocenters. The van der Waals surface area contributed by atoms with Gasteiger partial charge in [-0.15, -0.1) is 0 Å². The van der Waals surface area contributed by atoms with Crippen LogP contribution >= 0.6 is 15.9 Å². The van der Waals surface area contributed by atoms with Gasteiger partial charge in [-0.3, -0.25) is 9.58 Å². The third-order valence-corrected chi connectivity index (χ3v) is 5.29. The Hall–Kier alpha value is -0.390. The first-order chi connectivity index (χ1) is 10.2. The van der Waals surface area contributed by atoms with Gasteiger partial charge in [0.15, 0.2) is 0 Å². The number of aryl methyl sites for hydroxylation is 2. The minimum Gasteiger partial charge on any atom is -0.313 e.